The molecule has 0 aliphatic carbocycles. The molecule has 2 heterocycles. The predicted octanol–water partition coefficient (Wildman–Crippen LogP) is 5.30. The number of amides is 1. The topological polar surface area (TPSA) is 46.9 Å². The average Bonchev–Trinajstić information content (AvgIpc) is 3.11. The molecule has 3 aromatic rings. The highest BCUT2D eigenvalue weighted by Gasteiger charge is 2.15. The number of nitrogens with zero attached hydrogens (tertiary/aromatic N) is 2. The maximum absolute atomic E-state index is 12.4. The monoisotopic (exact) mass is 427 g/mol. The molecule has 118 valence electrons. The summed E-state index contributed by atoms with van der Waals surface area (Å²) in [6.07, 6.45) is 3.61. The first-order valence-corrected chi connectivity index (χ1v) is 9.40. The maximum atomic E-state index is 12.4. The molecule has 0 atom stereocenters. The third kappa shape index (κ3) is 3.80. The standard InChI is InChI=1S/C15H11BrClN3OS2/c1-20-6-5-18-15(20)23-12-3-2-9(17)8-11(12)19-14(21)13-10(16)4-7-22-13/h2-8H,1H3,(H,19,21). The smallest absolute Gasteiger partial charge is 0.266 e. The number of rotatable bonds is 4. The fraction of sp³-hybridized carbons (Fsp3) is 0.0667. The Balaban J connectivity index is 1.89. The second-order valence-corrected chi connectivity index (χ2v) is 7.83. The summed E-state index contributed by atoms with van der Waals surface area (Å²) < 4.78 is 2.70. The highest BCUT2D eigenvalue weighted by molar-refractivity contribution is 9.10. The first-order chi connectivity index (χ1) is 11.0. The summed E-state index contributed by atoms with van der Waals surface area (Å²) in [6, 6.07) is 7.26. The van der Waals surface area contributed by atoms with Gasteiger partial charge in [-0.25, -0.2) is 4.98 Å². The van der Waals surface area contributed by atoms with Crippen LogP contribution < -0.4 is 5.32 Å². The van der Waals surface area contributed by atoms with Gasteiger partial charge in [0.1, 0.15) is 4.88 Å². The molecule has 0 saturated carbocycles. The summed E-state index contributed by atoms with van der Waals surface area (Å²) in [5.74, 6) is -0.171. The van der Waals surface area contributed by atoms with Gasteiger partial charge in [0.15, 0.2) is 5.16 Å². The molecule has 1 aromatic carbocycles. The molecule has 1 N–H and O–H groups in total. The number of halogens is 2. The second-order valence-electron chi connectivity index (χ2n) is 4.62. The van der Waals surface area contributed by atoms with Crippen molar-refractivity contribution in [3.05, 3.63) is 56.4 Å². The van der Waals surface area contributed by atoms with Crippen LogP contribution in [-0.2, 0) is 7.05 Å². The molecule has 0 unspecified atom stereocenters. The molecule has 0 radical (unpaired) electrons. The third-order valence-electron chi connectivity index (χ3n) is 2.99. The fourth-order valence-electron chi connectivity index (χ4n) is 1.87. The Kier molecular flexibility index (Phi) is 5.11. The van der Waals surface area contributed by atoms with Gasteiger partial charge in [-0.05, 0) is 57.3 Å². The van der Waals surface area contributed by atoms with E-state index in [1.807, 2.05) is 35.3 Å². The van der Waals surface area contributed by atoms with Gasteiger partial charge in [-0.15, -0.1) is 11.3 Å². The van der Waals surface area contributed by atoms with E-state index in [2.05, 4.69) is 26.2 Å². The number of hydrogen-bond donors (Lipinski definition) is 1. The van der Waals surface area contributed by atoms with Crippen LogP contribution in [0, 0.1) is 0 Å². The van der Waals surface area contributed by atoms with Crippen molar-refractivity contribution < 1.29 is 4.79 Å². The molecule has 1 amide bonds. The highest BCUT2D eigenvalue weighted by Crippen LogP contribution is 2.35. The lowest BCUT2D eigenvalue weighted by Gasteiger charge is -2.11. The maximum Gasteiger partial charge on any atom is 0.266 e. The van der Waals surface area contributed by atoms with Crippen LogP contribution in [0.25, 0.3) is 0 Å². The van der Waals surface area contributed by atoms with Crippen molar-refractivity contribution in [3.8, 4) is 0 Å². The Hall–Kier alpha value is -1.28. The Morgan fingerprint density at radius 2 is 2.26 bits per heavy atom. The van der Waals surface area contributed by atoms with E-state index in [-0.39, 0.29) is 5.91 Å². The summed E-state index contributed by atoms with van der Waals surface area (Å²) in [5, 5.41) is 6.19. The lowest BCUT2D eigenvalue weighted by molar-refractivity contribution is 0.102. The molecule has 0 fully saturated rings. The van der Waals surface area contributed by atoms with Gasteiger partial charge in [-0.2, -0.15) is 0 Å². The third-order valence-corrected chi connectivity index (χ3v) is 6.21. The molecule has 0 aliphatic rings. The molecule has 4 nitrogen and oxygen atoms in total. The zero-order chi connectivity index (χ0) is 16.4. The van der Waals surface area contributed by atoms with Crippen LogP contribution in [0.4, 0.5) is 5.69 Å². The zero-order valence-corrected chi connectivity index (χ0v) is 15.9. The summed E-state index contributed by atoms with van der Waals surface area (Å²) in [5.41, 5.74) is 0.663. The largest absolute Gasteiger partial charge is 0.329 e. The van der Waals surface area contributed by atoms with Gasteiger partial charge in [0.05, 0.1) is 5.69 Å². The number of hydrogen-bond acceptors (Lipinski definition) is 4. The van der Waals surface area contributed by atoms with E-state index < -0.39 is 0 Å². The van der Waals surface area contributed by atoms with Crippen molar-refractivity contribution in [2.75, 3.05) is 5.32 Å². The van der Waals surface area contributed by atoms with Gasteiger partial charge in [0.25, 0.3) is 5.91 Å². The van der Waals surface area contributed by atoms with E-state index in [4.69, 9.17) is 11.6 Å². The normalized spacial score (nSPS) is 10.7. The number of nitrogens with one attached hydrogen (secondary N) is 1. The summed E-state index contributed by atoms with van der Waals surface area (Å²) in [6.45, 7) is 0. The Labute approximate surface area is 155 Å². The quantitative estimate of drug-likeness (QED) is 0.613. The molecule has 8 heteroatoms. The molecule has 0 saturated heterocycles. The van der Waals surface area contributed by atoms with Crippen molar-refractivity contribution >= 4 is 62.2 Å². The molecule has 2 aromatic heterocycles. The highest BCUT2D eigenvalue weighted by atomic mass is 79.9. The fourth-order valence-corrected chi connectivity index (χ4v) is 4.36. The molecule has 3 rings (SSSR count). The van der Waals surface area contributed by atoms with Crippen LogP contribution in [0.15, 0.2) is 56.6 Å². The van der Waals surface area contributed by atoms with E-state index >= 15 is 0 Å². The number of aromatic nitrogens is 2. The average molecular weight is 429 g/mol. The van der Waals surface area contributed by atoms with E-state index in [1.54, 1.807) is 18.3 Å². The van der Waals surface area contributed by atoms with Crippen LogP contribution in [0.1, 0.15) is 9.67 Å². The van der Waals surface area contributed by atoms with E-state index in [1.165, 1.54) is 23.1 Å². The van der Waals surface area contributed by atoms with Crippen LogP contribution in [0.2, 0.25) is 5.02 Å². The number of carbonyl (C=O) groups is 1. The van der Waals surface area contributed by atoms with Gasteiger partial charge in [0.2, 0.25) is 0 Å². The minimum Gasteiger partial charge on any atom is -0.329 e. The number of imidazole rings is 1. The Morgan fingerprint density at radius 3 is 2.91 bits per heavy atom. The van der Waals surface area contributed by atoms with Gasteiger partial charge in [-0.1, -0.05) is 11.6 Å². The summed E-state index contributed by atoms with van der Waals surface area (Å²) in [7, 11) is 1.92. The molecule has 23 heavy (non-hydrogen) atoms. The molecular formula is C15H11BrClN3OS2. The van der Waals surface area contributed by atoms with Crippen molar-refractivity contribution in [2.24, 2.45) is 7.05 Å². The zero-order valence-electron chi connectivity index (χ0n) is 11.9. The summed E-state index contributed by atoms with van der Waals surface area (Å²) >= 11 is 12.3. The minimum atomic E-state index is -0.171. The first-order valence-electron chi connectivity index (χ1n) is 6.53. The lowest BCUT2D eigenvalue weighted by atomic mass is 10.3. The van der Waals surface area contributed by atoms with Crippen LogP contribution in [0.3, 0.4) is 0 Å². The summed E-state index contributed by atoms with van der Waals surface area (Å²) in [4.78, 5) is 18.2. The molecular weight excluding hydrogens is 418 g/mol. The van der Waals surface area contributed by atoms with Gasteiger partial charge in [-0.3, -0.25) is 4.79 Å². The van der Waals surface area contributed by atoms with E-state index in [0.29, 0.717) is 15.6 Å². The van der Waals surface area contributed by atoms with Gasteiger partial charge in [0, 0.05) is 33.8 Å². The van der Waals surface area contributed by atoms with Crippen LogP contribution in [0.5, 0.6) is 0 Å². The van der Waals surface area contributed by atoms with Gasteiger partial charge < -0.3 is 9.88 Å². The molecule has 0 aliphatic heterocycles. The first kappa shape index (κ1) is 16.6. The number of aryl methyl sites for hydroxylation is 1. The molecule has 0 bridgehead atoms. The van der Waals surface area contributed by atoms with Crippen LogP contribution in [-0.4, -0.2) is 15.5 Å². The van der Waals surface area contributed by atoms with Crippen molar-refractivity contribution in [2.45, 2.75) is 10.1 Å². The lowest BCUT2D eigenvalue weighted by Crippen LogP contribution is -2.11. The van der Waals surface area contributed by atoms with Gasteiger partial charge >= 0.3 is 0 Å². The number of benzene rings is 1. The minimum absolute atomic E-state index is 0.171. The van der Waals surface area contributed by atoms with Crippen molar-refractivity contribution in [1.29, 1.82) is 0 Å². The van der Waals surface area contributed by atoms with Crippen molar-refractivity contribution in [3.63, 3.8) is 0 Å². The van der Waals surface area contributed by atoms with Crippen molar-refractivity contribution in [1.82, 2.24) is 9.55 Å². The number of thiophene rings is 1. The Morgan fingerprint density at radius 1 is 1.43 bits per heavy atom. The SMILES string of the molecule is Cn1ccnc1Sc1ccc(Cl)cc1NC(=O)c1sccc1Br. The number of carbonyl (C=O) groups excluding carboxylic acids is 1. The predicted molar refractivity (Wildman–Crippen MR) is 98.8 cm³/mol. The molecule has 0 spiro atoms. The van der Waals surface area contributed by atoms with E-state index in [0.717, 1.165) is 14.5 Å². The Bertz CT molecular complexity index is 862. The number of anilines is 1. The van der Waals surface area contributed by atoms with E-state index in [9.17, 15) is 4.79 Å². The van der Waals surface area contributed by atoms with Crippen LogP contribution >= 0.6 is 50.6 Å². The second kappa shape index (κ2) is 7.09.